The summed E-state index contributed by atoms with van der Waals surface area (Å²) in [5, 5.41) is 4.19. The standard InChI is InChI=1S/C8H8F3N3O.C6H3ClF3N/c1-12-7(15)14-6-4-5(2-3-13-6)8(9,10)11;7-5-3-4(1-2-11-5)6(8,9)10/h2-4H,1H3,(H2,12,13,14,15);1-3H. The van der Waals surface area contributed by atoms with Crippen LogP contribution in [0, 0.1) is 0 Å². The van der Waals surface area contributed by atoms with Gasteiger partial charge in [0.05, 0.1) is 11.1 Å². The first-order valence-corrected chi connectivity index (χ1v) is 7.02. The van der Waals surface area contributed by atoms with Gasteiger partial charge in [0, 0.05) is 19.4 Å². The molecule has 2 aromatic rings. The lowest BCUT2D eigenvalue weighted by Crippen LogP contribution is -2.25. The Morgan fingerprint density at radius 2 is 1.46 bits per heavy atom. The summed E-state index contributed by atoms with van der Waals surface area (Å²) in [5.41, 5.74) is -1.64. The fourth-order valence-corrected chi connectivity index (χ4v) is 1.61. The normalized spacial score (nSPS) is 11.2. The number of aromatic nitrogens is 2. The van der Waals surface area contributed by atoms with E-state index < -0.39 is 29.5 Å². The molecule has 5 nitrogen and oxygen atoms in total. The molecule has 0 unspecified atom stereocenters. The predicted molar refractivity (Wildman–Crippen MR) is 81.6 cm³/mol. The zero-order chi connectivity index (χ0) is 20.0. The van der Waals surface area contributed by atoms with Crippen molar-refractivity contribution in [3.05, 3.63) is 52.9 Å². The SMILES string of the molecule is CNC(=O)Nc1cc(C(F)(F)F)ccn1.FC(F)(F)c1ccnc(Cl)c1. The second-order valence-corrected chi connectivity index (χ2v) is 4.88. The average Bonchev–Trinajstić information content (AvgIpc) is 2.54. The first kappa shape index (κ1) is 21.5. The van der Waals surface area contributed by atoms with Crippen molar-refractivity contribution in [3.8, 4) is 0 Å². The predicted octanol–water partition coefficient (Wildman–Crippen LogP) is 4.61. The van der Waals surface area contributed by atoms with Gasteiger partial charge in [0.1, 0.15) is 11.0 Å². The molecule has 2 aromatic heterocycles. The summed E-state index contributed by atoms with van der Waals surface area (Å²) in [6.45, 7) is 0. The van der Waals surface area contributed by atoms with Gasteiger partial charge in [-0.1, -0.05) is 11.6 Å². The zero-order valence-corrected chi connectivity index (χ0v) is 13.7. The van der Waals surface area contributed by atoms with Crippen LogP contribution in [0.2, 0.25) is 5.15 Å². The van der Waals surface area contributed by atoms with E-state index in [2.05, 4.69) is 20.6 Å². The van der Waals surface area contributed by atoms with E-state index in [9.17, 15) is 31.1 Å². The number of urea groups is 1. The molecule has 0 spiro atoms. The number of anilines is 1. The molecule has 2 N–H and O–H groups in total. The molecular formula is C14H11ClF6N4O. The molecule has 2 heterocycles. The monoisotopic (exact) mass is 400 g/mol. The Hall–Kier alpha value is -2.56. The molecule has 26 heavy (non-hydrogen) atoms. The maximum atomic E-state index is 12.2. The average molecular weight is 401 g/mol. The van der Waals surface area contributed by atoms with E-state index in [0.29, 0.717) is 0 Å². The van der Waals surface area contributed by atoms with Crippen LogP contribution in [-0.2, 0) is 12.4 Å². The summed E-state index contributed by atoms with van der Waals surface area (Å²) in [6.07, 6.45) is -6.78. The highest BCUT2D eigenvalue weighted by molar-refractivity contribution is 6.29. The molecule has 0 aliphatic carbocycles. The number of carbonyl (C=O) groups is 1. The smallest absolute Gasteiger partial charge is 0.341 e. The molecule has 0 fully saturated rings. The van der Waals surface area contributed by atoms with E-state index in [4.69, 9.17) is 11.6 Å². The van der Waals surface area contributed by atoms with Crippen LogP contribution in [0.25, 0.3) is 0 Å². The maximum Gasteiger partial charge on any atom is 0.416 e. The highest BCUT2D eigenvalue weighted by Crippen LogP contribution is 2.30. The van der Waals surface area contributed by atoms with E-state index in [1.165, 1.54) is 7.05 Å². The maximum absolute atomic E-state index is 12.2. The third-order valence-corrected chi connectivity index (χ3v) is 2.82. The lowest BCUT2D eigenvalue weighted by atomic mass is 10.2. The molecule has 0 radical (unpaired) electrons. The number of alkyl halides is 6. The quantitative estimate of drug-likeness (QED) is 0.543. The molecule has 142 valence electrons. The van der Waals surface area contributed by atoms with Crippen molar-refractivity contribution in [3.63, 3.8) is 0 Å². The van der Waals surface area contributed by atoms with Crippen LogP contribution < -0.4 is 10.6 Å². The lowest BCUT2D eigenvalue weighted by Gasteiger charge is -2.08. The Balaban J connectivity index is 0.000000273. The number of amides is 2. The van der Waals surface area contributed by atoms with Crippen molar-refractivity contribution in [2.45, 2.75) is 12.4 Å². The summed E-state index contributed by atoms with van der Waals surface area (Å²) in [6, 6.07) is 2.61. The van der Waals surface area contributed by atoms with Crippen molar-refractivity contribution in [2.24, 2.45) is 0 Å². The van der Waals surface area contributed by atoms with E-state index in [1.807, 2.05) is 0 Å². The molecule has 0 saturated carbocycles. The number of nitrogens with one attached hydrogen (secondary N) is 2. The number of carbonyl (C=O) groups excluding carboxylic acids is 1. The molecule has 2 rings (SSSR count). The summed E-state index contributed by atoms with van der Waals surface area (Å²) in [5.74, 6) is -0.149. The Labute approximate surface area is 148 Å². The Kier molecular flexibility index (Phi) is 7.19. The molecule has 0 aliphatic rings. The number of rotatable bonds is 1. The number of hydrogen-bond acceptors (Lipinski definition) is 3. The van der Waals surface area contributed by atoms with Crippen LogP contribution in [0.5, 0.6) is 0 Å². The first-order valence-electron chi connectivity index (χ1n) is 6.64. The Morgan fingerprint density at radius 1 is 0.962 bits per heavy atom. The summed E-state index contributed by atoms with van der Waals surface area (Å²) >= 11 is 5.24. The van der Waals surface area contributed by atoms with Crippen LogP contribution in [0.3, 0.4) is 0 Å². The molecular weight excluding hydrogens is 390 g/mol. The number of nitrogens with zero attached hydrogens (tertiary/aromatic N) is 2. The highest BCUT2D eigenvalue weighted by Gasteiger charge is 2.31. The zero-order valence-electron chi connectivity index (χ0n) is 12.9. The van der Waals surface area contributed by atoms with Crippen LogP contribution in [0.15, 0.2) is 36.7 Å². The van der Waals surface area contributed by atoms with Crippen molar-refractivity contribution >= 4 is 23.4 Å². The highest BCUT2D eigenvalue weighted by atomic mass is 35.5. The molecule has 0 atom stereocenters. The molecule has 0 bridgehead atoms. The Morgan fingerprint density at radius 3 is 1.88 bits per heavy atom. The van der Waals surface area contributed by atoms with Gasteiger partial charge in [-0.15, -0.1) is 0 Å². The molecule has 12 heteroatoms. The second-order valence-electron chi connectivity index (χ2n) is 4.50. The number of hydrogen-bond donors (Lipinski definition) is 2. The van der Waals surface area contributed by atoms with Gasteiger partial charge in [-0.2, -0.15) is 26.3 Å². The summed E-state index contributed by atoms with van der Waals surface area (Å²) < 4.78 is 72.3. The topological polar surface area (TPSA) is 66.9 Å². The van der Waals surface area contributed by atoms with Gasteiger partial charge in [0.15, 0.2) is 0 Å². The van der Waals surface area contributed by atoms with Gasteiger partial charge in [-0.05, 0) is 24.3 Å². The minimum absolute atomic E-state index is 0.149. The molecule has 0 aromatic carbocycles. The van der Waals surface area contributed by atoms with E-state index in [-0.39, 0.29) is 11.0 Å². The van der Waals surface area contributed by atoms with Crippen molar-refractivity contribution in [2.75, 3.05) is 12.4 Å². The Bertz CT molecular complexity index is 751. The molecule has 0 aliphatic heterocycles. The number of halogens is 7. The number of pyridine rings is 2. The van der Waals surface area contributed by atoms with Gasteiger partial charge in [0.25, 0.3) is 0 Å². The van der Waals surface area contributed by atoms with Crippen molar-refractivity contribution < 1.29 is 31.1 Å². The first-order chi connectivity index (χ1) is 11.9. The fourth-order valence-electron chi connectivity index (χ4n) is 1.43. The van der Waals surface area contributed by atoms with Gasteiger partial charge in [-0.25, -0.2) is 14.8 Å². The third-order valence-electron chi connectivity index (χ3n) is 2.61. The van der Waals surface area contributed by atoms with E-state index >= 15 is 0 Å². The van der Waals surface area contributed by atoms with E-state index in [0.717, 1.165) is 36.7 Å². The van der Waals surface area contributed by atoms with Crippen molar-refractivity contribution in [1.82, 2.24) is 15.3 Å². The minimum Gasteiger partial charge on any atom is -0.341 e. The van der Waals surface area contributed by atoms with Gasteiger partial charge < -0.3 is 5.32 Å². The largest absolute Gasteiger partial charge is 0.416 e. The third kappa shape index (κ3) is 7.13. The second kappa shape index (κ2) is 8.70. The van der Waals surface area contributed by atoms with Crippen LogP contribution >= 0.6 is 11.6 Å². The summed E-state index contributed by atoms with van der Waals surface area (Å²) in [7, 11) is 1.35. The van der Waals surface area contributed by atoms with Crippen LogP contribution in [0.4, 0.5) is 37.0 Å². The summed E-state index contributed by atoms with van der Waals surface area (Å²) in [4.78, 5) is 17.8. The van der Waals surface area contributed by atoms with Gasteiger partial charge in [0.2, 0.25) is 0 Å². The fraction of sp³-hybridized carbons (Fsp3) is 0.214. The lowest BCUT2D eigenvalue weighted by molar-refractivity contribution is -0.138. The minimum atomic E-state index is -4.44. The van der Waals surface area contributed by atoms with E-state index in [1.54, 1.807) is 0 Å². The van der Waals surface area contributed by atoms with Gasteiger partial charge >= 0.3 is 18.4 Å². The van der Waals surface area contributed by atoms with Crippen LogP contribution in [0.1, 0.15) is 11.1 Å². The van der Waals surface area contributed by atoms with Crippen molar-refractivity contribution in [1.29, 1.82) is 0 Å². The molecule has 0 saturated heterocycles. The van der Waals surface area contributed by atoms with Crippen LogP contribution in [-0.4, -0.2) is 23.0 Å². The van der Waals surface area contributed by atoms with Gasteiger partial charge in [-0.3, -0.25) is 5.32 Å². The molecule has 2 amide bonds.